The Bertz CT molecular complexity index is 1350. The number of nitrogens with zero attached hydrogens (tertiary/aromatic N) is 4. The third-order valence-electron chi connectivity index (χ3n) is 12.7. The van der Waals surface area contributed by atoms with E-state index in [1.165, 1.54) is 49.9 Å². The fourth-order valence-corrected chi connectivity index (χ4v) is 9.97. The number of rotatable bonds is 18. The van der Waals surface area contributed by atoms with Crippen LogP contribution in [0.25, 0.3) is 0 Å². The van der Waals surface area contributed by atoms with Gasteiger partial charge in [-0.1, -0.05) is 93.9 Å². The number of anilines is 4. The van der Waals surface area contributed by atoms with E-state index < -0.39 is 0 Å². The lowest BCUT2D eigenvalue weighted by Gasteiger charge is -2.40. The van der Waals surface area contributed by atoms with Crippen LogP contribution in [0.1, 0.15) is 145 Å². The first-order valence-corrected chi connectivity index (χ1v) is 23.7. The smallest absolute Gasteiger partial charge is 0.322 e. The molecule has 8 heteroatoms. The van der Waals surface area contributed by atoms with Crippen LogP contribution in [0.2, 0.25) is 0 Å². The summed E-state index contributed by atoms with van der Waals surface area (Å²) in [7, 11) is 0. The van der Waals surface area contributed by atoms with Gasteiger partial charge < -0.3 is 30.2 Å². The molecule has 324 valence electrons. The van der Waals surface area contributed by atoms with Gasteiger partial charge in [0.1, 0.15) is 0 Å². The average molecular weight is 799 g/mol. The van der Waals surface area contributed by atoms with Gasteiger partial charge in [0.05, 0.1) is 0 Å². The van der Waals surface area contributed by atoms with Gasteiger partial charge in [-0.25, -0.2) is 9.59 Å². The Balaban J connectivity index is 1.19. The zero-order chi connectivity index (χ0) is 41.6. The lowest BCUT2D eigenvalue weighted by molar-refractivity contribution is 0.117. The van der Waals surface area contributed by atoms with Crippen LogP contribution in [0.4, 0.5) is 32.3 Å². The third-order valence-corrected chi connectivity index (χ3v) is 12.7. The van der Waals surface area contributed by atoms with Crippen molar-refractivity contribution < 1.29 is 9.59 Å². The van der Waals surface area contributed by atoms with Gasteiger partial charge >= 0.3 is 12.1 Å². The molecule has 2 aromatic rings. The van der Waals surface area contributed by atoms with Crippen LogP contribution in [-0.4, -0.2) is 73.2 Å². The van der Waals surface area contributed by atoms with E-state index in [9.17, 15) is 9.59 Å². The number of nitrogens with one attached hydrogen (secondary N) is 2. The van der Waals surface area contributed by atoms with E-state index in [-0.39, 0.29) is 12.1 Å². The first-order chi connectivity index (χ1) is 27.8. The van der Waals surface area contributed by atoms with Crippen LogP contribution in [0, 0.1) is 35.5 Å². The third kappa shape index (κ3) is 14.4. The highest BCUT2D eigenvalue weighted by molar-refractivity contribution is 5.90. The van der Waals surface area contributed by atoms with Crippen LogP contribution < -0.4 is 20.4 Å². The molecular formula is C50H82N6O2. The first-order valence-electron chi connectivity index (χ1n) is 23.7. The van der Waals surface area contributed by atoms with Crippen LogP contribution in [0.3, 0.4) is 0 Å². The Labute approximate surface area is 354 Å². The van der Waals surface area contributed by atoms with E-state index in [4.69, 9.17) is 0 Å². The molecule has 2 aromatic carbocycles. The zero-order valence-corrected chi connectivity index (χ0v) is 38.0. The Morgan fingerprint density at radius 3 is 1.03 bits per heavy atom. The highest BCUT2D eigenvalue weighted by atomic mass is 16.2. The second-order valence-corrected chi connectivity index (χ2v) is 20.1. The van der Waals surface area contributed by atoms with Gasteiger partial charge in [-0.3, -0.25) is 0 Å². The molecule has 0 bridgehead atoms. The van der Waals surface area contributed by atoms with Crippen LogP contribution in [-0.2, 0) is 0 Å². The average Bonchev–Trinajstić information content (AvgIpc) is 3.19. The number of hydrogen-bond donors (Lipinski definition) is 2. The summed E-state index contributed by atoms with van der Waals surface area (Å²) in [5.74, 6) is 3.33. The maximum atomic E-state index is 14.1. The second-order valence-electron chi connectivity index (χ2n) is 20.1. The largest absolute Gasteiger partial charge is 0.371 e. The second kappa shape index (κ2) is 22.8. The molecule has 5 rings (SSSR count). The van der Waals surface area contributed by atoms with Gasteiger partial charge in [0, 0.05) is 74.1 Å². The number of carbonyl (C=O) groups is 2. The zero-order valence-electron chi connectivity index (χ0n) is 38.0. The topological polar surface area (TPSA) is 71.2 Å². The molecule has 0 radical (unpaired) electrons. The monoisotopic (exact) mass is 799 g/mol. The SMILES string of the molecule is CC(C)CN(CC(C)C)c1ccc(NC(=O)N(C[C@H]2CC[C@H](CN(C(=O)Nc3ccc(N(CC(C)C)CC(C)C)cc3)C3CCCCC3)CC2)C2CCCCC2)cc1. The molecule has 3 aliphatic rings. The molecule has 58 heavy (non-hydrogen) atoms. The summed E-state index contributed by atoms with van der Waals surface area (Å²) in [6.45, 7) is 23.9. The summed E-state index contributed by atoms with van der Waals surface area (Å²) in [6.07, 6.45) is 16.2. The van der Waals surface area contributed by atoms with Gasteiger partial charge in [0.25, 0.3) is 0 Å². The summed E-state index contributed by atoms with van der Waals surface area (Å²) < 4.78 is 0. The fourth-order valence-electron chi connectivity index (χ4n) is 9.97. The summed E-state index contributed by atoms with van der Waals surface area (Å²) in [4.78, 5) is 37.5. The van der Waals surface area contributed by atoms with Crippen molar-refractivity contribution in [1.82, 2.24) is 9.80 Å². The minimum atomic E-state index is 0.0590. The highest BCUT2D eigenvalue weighted by Gasteiger charge is 2.33. The van der Waals surface area contributed by atoms with E-state index in [0.29, 0.717) is 47.6 Å². The Morgan fingerprint density at radius 2 is 0.759 bits per heavy atom. The maximum absolute atomic E-state index is 14.1. The Morgan fingerprint density at radius 1 is 0.466 bits per heavy atom. The lowest BCUT2D eigenvalue weighted by Crippen LogP contribution is -2.48. The summed E-state index contributed by atoms with van der Waals surface area (Å²) in [6, 6.07) is 17.8. The number of urea groups is 2. The molecular weight excluding hydrogens is 717 g/mol. The van der Waals surface area contributed by atoms with E-state index in [0.717, 1.165) is 102 Å². The van der Waals surface area contributed by atoms with Gasteiger partial charge in [-0.05, 0) is 135 Å². The van der Waals surface area contributed by atoms with Gasteiger partial charge in [-0.15, -0.1) is 0 Å². The van der Waals surface area contributed by atoms with Crippen molar-refractivity contribution in [2.75, 3.05) is 59.7 Å². The van der Waals surface area contributed by atoms with E-state index in [1.807, 2.05) is 0 Å². The quantitative estimate of drug-likeness (QED) is 0.158. The molecule has 0 saturated heterocycles. The predicted octanol–water partition coefficient (Wildman–Crippen LogP) is 12.8. The van der Waals surface area contributed by atoms with Crippen molar-refractivity contribution in [3.05, 3.63) is 48.5 Å². The van der Waals surface area contributed by atoms with E-state index >= 15 is 0 Å². The minimum absolute atomic E-state index is 0.0590. The normalized spacial score (nSPS) is 19.4. The highest BCUT2D eigenvalue weighted by Crippen LogP contribution is 2.34. The molecule has 0 spiro atoms. The van der Waals surface area contributed by atoms with E-state index in [1.54, 1.807) is 0 Å². The van der Waals surface area contributed by atoms with Crippen molar-refractivity contribution in [3.63, 3.8) is 0 Å². The van der Waals surface area contributed by atoms with Crippen LogP contribution in [0.15, 0.2) is 48.5 Å². The molecule has 0 atom stereocenters. The van der Waals surface area contributed by atoms with Crippen molar-refractivity contribution in [2.24, 2.45) is 35.5 Å². The molecule has 0 aliphatic heterocycles. The van der Waals surface area contributed by atoms with Crippen LogP contribution in [0.5, 0.6) is 0 Å². The predicted molar refractivity (Wildman–Crippen MR) is 247 cm³/mol. The van der Waals surface area contributed by atoms with Gasteiger partial charge in [0.15, 0.2) is 0 Å². The molecule has 0 unspecified atom stereocenters. The standard InChI is InChI=1S/C50H82N6O2/c1-37(2)31-53(32-38(3)4)45-27-23-43(24-28-45)51-49(57)55(47-15-11-9-12-16-47)35-41-19-21-42(22-20-41)36-56(48-17-13-10-14-18-48)50(58)52-44-25-29-46(30-26-44)54(33-39(5)6)34-40(7)8/h23-30,37-42,47-48H,9-22,31-36H2,1-8H3,(H,51,57)(H,52,58)/t41-,42-. The molecule has 4 amide bonds. The molecule has 3 fully saturated rings. The van der Waals surface area contributed by atoms with Crippen molar-refractivity contribution in [1.29, 1.82) is 0 Å². The Hall–Kier alpha value is -3.42. The molecule has 0 aromatic heterocycles. The number of hydrogen-bond acceptors (Lipinski definition) is 4. The van der Waals surface area contributed by atoms with Crippen molar-refractivity contribution in [2.45, 2.75) is 157 Å². The molecule has 8 nitrogen and oxygen atoms in total. The number of benzene rings is 2. The van der Waals surface area contributed by atoms with E-state index in [2.05, 4.69) is 134 Å². The molecule has 0 heterocycles. The molecule has 3 aliphatic carbocycles. The number of amides is 4. The lowest BCUT2D eigenvalue weighted by atomic mass is 9.80. The summed E-state index contributed by atoms with van der Waals surface area (Å²) >= 11 is 0. The number of carbonyl (C=O) groups excluding carboxylic acids is 2. The minimum Gasteiger partial charge on any atom is -0.371 e. The fraction of sp³-hybridized carbons (Fsp3) is 0.720. The maximum Gasteiger partial charge on any atom is 0.322 e. The van der Waals surface area contributed by atoms with Crippen molar-refractivity contribution >= 4 is 34.8 Å². The summed E-state index contributed by atoms with van der Waals surface area (Å²) in [5.41, 5.74) is 4.20. The van der Waals surface area contributed by atoms with Crippen LogP contribution >= 0.6 is 0 Å². The first kappa shape index (κ1) is 45.7. The van der Waals surface area contributed by atoms with Gasteiger partial charge in [0.2, 0.25) is 0 Å². The van der Waals surface area contributed by atoms with Gasteiger partial charge in [-0.2, -0.15) is 0 Å². The molecule has 2 N–H and O–H groups in total. The Kier molecular flexibility index (Phi) is 18.0. The molecule has 3 saturated carbocycles. The summed E-state index contributed by atoms with van der Waals surface area (Å²) in [5, 5.41) is 6.64. The van der Waals surface area contributed by atoms with Crippen molar-refractivity contribution in [3.8, 4) is 0 Å².